The van der Waals surface area contributed by atoms with Crippen LogP contribution in [0.4, 0.5) is 52.7 Å². The molecule has 168 valence electrons. The van der Waals surface area contributed by atoms with Crippen molar-refractivity contribution in [3.05, 3.63) is 24.3 Å². The highest BCUT2D eigenvalue weighted by Crippen LogP contribution is 2.37. The van der Waals surface area contributed by atoms with E-state index in [2.05, 4.69) is 16.1 Å². The summed E-state index contributed by atoms with van der Waals surface area (Å²) in [5.41, 5.74) is -1.48. The number of allylic oxidation sites excluding steroid dienone is 1. The number of halogens is 12. The van der Waals surface area contributed by atoms with Crippen molar-refractivity contribution in [2.75, 3.05) is 0 Å². The predicted molar refractivity (Wildman–Crippen MR) is 66.9 cm³/mol. The second kappa shape index (κ2) is 8.94. The molecule has 0 bridgehead atoms. The summed E-state index contributed by atoms with van der Waals surface area (Å²) in [6, 6.07) is 0. The van der Waals surface area contributed by atoms with Crippen LogP contribution in [0.5, 0.6) is 0 Å². The van der Waals surface area contributed by atoms with Crippen LogP contribution in [0, 0.1) is 0 Å². The molecular formula is C13H8F12O4. The van der Waals surface area contributed by atoms with Crippen molar-refractivity contribution >= 4 is 11.9 Å². The van der Waals surface area contributed by atoms with E-state index in [1.807, 2.05) is 0 Å². The number of alkyl halides is 12. The van der Waals surface area contributed by atoms with Gasteiger partial charge in [0.2, 0.25) is 0 Å². The van der Waals surface area contributed by atoms with Crippen molar-refractivity contribution in [2.45, 2.75) is 43.3 Å². The van der Waals surface area contributed by atoms with Crippen LogP contribution in [-0.2, 0) is 19.1 Å². The Morgan fingerprint density at radius 3 is 1.38 bits per heavy atom. The first-order valence-electron chi connectivity index (χ1n) is 6.71. The molecule has 0 aliphatic rings. The monoisotopic (exact) mass is 456 g/mol. The molecule has 0 heterocycles. The van der Waals surface area contributed by atoms with Crippen LogP contribution in [0.15, 0.2) is 24.3 Å². The Morgan fingerprint density at radius 1 is 0.724 bits per heavy atom. The highest BCUT2D eigenvalue weighted by molar-refractivity contribution is 5.96. The summed E-state index contributed by atoms with van der Waals surface area (Å²) in [6.45, 7) is 2.90. The van der Waals surface area contributed by atoms with Crippen molar-refractivity contribution in [3.8, 4) is 0 Å². The van der Waals surface area contributed by atoms with Gasteiger partial charge in [0.05, 0.1) is 0 Å². The van der Waals surface area contributed by atoms with Gasteiger partial charge in [-0.05, 0) is 6.42 Å². The lowest BCUT2D eigenvalue weighted by Crippen LogP contribution is -2.46. The van der Waals surface area contributed by atoms with Crippen LogP contribution in [0.25, 0.3) is 0 Å². The molecule has 0 rings (SSSR count). The number of carbonyl (C=O) groups is 2. The topological polar surface area (TPSA) is 52.6 Å². The Kier molecular flexibility index (Phi) is 8.19. The van der Waals surface area contributed by atoms with Gasteiger partial charge >= 0.3 is 36.6 Å². The standard InChI is InChI=1S/C13H8F12O4/c1-2-3-5(7(27)29-9(12(20,21)22)13(23,24)25)4-6(26)28-8(10(14,15)16)11(17,18)19/h2,4,8-9H,1,3H2/b5-4+. The Balaban J connectivity index is 5.73. The van der Waals surface area contributed by atoms with Crippen LogP contribution in [-0.4, -0.2) is 48.9 Å². The van der Waals surface area contributed by atoms with Gasteiger partial charge < -0.3 is 9.47 Å². The van der Waals surface area contributed by atoms with E-state index in [4.69, 9.17) is 0 Å². The fourth-order valence-electron chi connectivity index (χ4n) is 1.47. The van der Waals surface area contributed by atoms with E-state index in [1.54, 1.807) is 0 Å². The average molecular weight is 456 g/mol. The van der Waals surface area contributed by atoms with Gasteiger partial charge in [0.1, 0.15) is 0 Å². The lowest BCUT2D eigenvalue weighted by atomic mass is 10.1. The number of carbonyl (C=O) groups excluding carboxylic acids is 2. The molecule has 0 saturated carbocycles. The van der Waals surface area contributed by atoms with E-state index in [9.17, 15) is 62.3 Å². The summed E-state index contributed by atoms with van der Waals surface area (Å²) in [6.07, 6.45) is -34.9. The summed E-state index contributed by atoms with van der Waals surface area (Å²) in [5, 5.41) is 0. The van der Waals surface area contributed by atoms with Crippen molar-refractivity contribution in [1.29, 1.82) is 0 Å². The average Bonchev–Trinajstić information content (AvgIpc) is 2.45. The van der Waals surface area contributed by atoms with E-state index in [0.717, 1.165) is 0 Å². The first-order valence-corrected chi connectivity index (χ1v) is 6.71. The fraction of sp³-hybridized carbons (Fsp3) is 0.538. The fourth-order valence-corrected chi connectivity index (χ4v) is 1.47. The smallest absolute Gasteiger partial charge is 0.434 e. The lowest BCUT2D eigenvalue weighted by molar-refractivity contribution is -0.313. The largest absolute Gasteiger partial charge is 0.440 e. The van der Waals surface area contributed by atoms with Crippen molar-refractivity contribution in [3.63, 3.8) is 0 Å². The summed E-state index contributed by atoms with van der Waals surface area (Å²) in [7, 11) is 0. The third-order valence-electron chi connectivity index (χ3n) is 2.57. The SMILES string of the molecule is C=CC/C(=C\C(=O)OC(C(F)(F)F)C(F)(F)F)C(=O)OC(C(F)(F)F)C(F)(F)F. The molecule has 0 radical (unpaired) electrons. The number of hydrogen-bond acceptors (Lipinski definition) is 4. The number of rotatable bonds is 6. The Morgan fingerprint density at radius 2 is 1.07 bits per heavy atom. The maximum atomic E-state index is 12.3. The van der Waals surface area contributed by atoms with Gasteiger partial charge in [-0.25, -0.2) is 9.59 Å². The maximum Gasteiger partial charge on any atom is 0.434 e. The Bertz CT molecular complexity index is 610. The molecule has 0 aromatic rings. The molecule has 0 amide bonds. The molecule has 0 fully saturated rings. The van der Waals surface area contributed by atoms with E-state index < -0.39 is 66.9 Å². The highest BCUT2D eigenvalue weighted by Gasteiger charge is 2.61. The number of esters is 2. The third-order valence-corrected chi connectivity index (χ3v) is 2.57. The van der Waals surface area contributed by atoms with Gasteiger partial charge in [-0.1, -0.05) is 6.08 Å². The van der Waals surface area contributed by atoms with E-state index in [1.165, 1.54) is 0 Å². The zero-order chi connectivity index (χ0) is 23.4. The molecule has 0 atom stereocenters. The van der Waals surface area contributed by atoms with Crippen molar-refractivity contribution < 1.29 is 71.7 Å². The molecule has 4 nitrogen and oxygen atoms in total. The van der Waals surface area contributed by atoms with Crippen LogP contribution >= 0.6 is 0 Å². The van der Waals surface area contributed by atoms with Gasteiger partial charge in [-0.15, -0.1) is 6.58 Å². The zero-order valence-electron chi connectivity index (χ0n) is 13.4. The minimum atomic E-state index is -6.16. The van der Waals surface area contributed by atoms with Crippen molar-refractivity contribution in [1.82, 2.24) is 0 Å². The summed E-state index contributed by atoms with van der Waals surface area (Å²) in [5.74, 6) is -5.04. The van der Waals surface area contributed by atoms with E-state index in [0.29, 0.717) is 6.08 Å². The van der Waals surface area contributed by atoms with Crippen LogP contribution < -0.4 is 0 Å². The minimum Gasteiger partial charge on any atom is -0.440 e. The summed E-state index contributed by atoms with van der Waals surface area (Å²) >= 11 is 0. The number of ether oxygens (including phenoxy) is 2. The van der Waals surface area contributed by atoms with Gasteiger partial charge in [0, 0.05) is 11.6 Å². The van der Waals surface area contributed by atoms with E-state index >= 15 is 0 Å². The number of hydrogen-bond donors (Lipinski definition) is 0. The predicted octanol–water partition coefficient (Wildman–Crippen LogP) is 4.56. The molecule has 16 heteroatoms. The molecule has 0 spiro atoms. The van der Waals surface area contributed by atoms with Crippen LogP contribution in [0.2, 0.25) is 0 Å². The van der Waals surface area contributed by atoms with Gasteiger partial charge in [-0.3, -0.25) is 0 Å². The lowest BCUT2D eigenvalue weighted by Gasteiger charge is -2.23. The minimum absolute atomic E-state index is 0.474. The first-order chi connectivity index (χ1) is 12.7. The normalized spacial score (nSPS) is 14.2. The summed E-state index contributed by atoms with van der Waals surface area (Å²) in [4.78, 5) is 22.7. The van der Waals surface area contributed by atoms with Crippen molar-refractivity contribution in [2.24, 2.45) is 0 Å². The Hall–Kier alpha value is -2.42. The molecule has 0 aromatic carbocycles. The zero-order valence-corrected chi connectivity index (χ0v) is 13.4. The second-order valence-corrected chi connectivity index (χ2v) is 4.93. The van der Waals surface area contributed by atoms with Gasteiger partial charge in [-0.2, -0.15) is 52.7 Å². The quantitative estimate of drug-likeness (QED) is 0.255. The molecule has 0 unspecified atom stereocenters. The molecule has 0 aliphatic heterocycles. The van der Waals surface area contributed by atoms with Gasteiger partial charge in [0.25, 0.3) is 12.2 Å². The molecule has 0 aromatic heterocycles. The van der Waals surface area contributed by atoms with E-state index in [-0.39, 0.29) is 0 Å². The van der Waals surface area contributed by atoms with Crippen LogP contribution in [0.1, 0.15) is 6.42 Å². The molecule has 29 heavy (non-hydrogen) atoms. The maximum absolute atomic E-state index is 12.3. The molecular weight excluding hydrogens is 448 g/mol. The first kappa shape index (κ1) is 26.6. The van der Waals surface area contributed by atoms with Gasteiger partial charge in [0.15, 0.2) is 0 Å². The summed E-state index contributed by atoms with van der Waals surface area (Å²) < 4.78 is 154. The second-order valence-electron chi connectivity index (χ2n) is 4.93. The molecule has 0 aliphatic carbocycles. The highest BCUT2D eigenvalue weighted by atomic mass is 19.4. The van der Waals surface area contributed by atoms with Crippen LogP contribution in [0.3, 0.4) is 0 Å². The third kappa shape index (κ3) is 8.64. The Labute approximate surface area is 152 Å². The molecule has 0 saturated heterocycles. The molecule has 0 N–H and O–H groups in total.